The second-order valence-corrected chi connectivity index (χ2v) is 14.6. The molecular formula is C45H81NO2. The number of allylic oxidation sites excluding steroid dienone is 4. The van der Waals surface area contributed by atoms with Crippen LogP contribution in [0.3, 0.4) is 0 Å². The van der Waals surface area contributed by atoms with Crippen molar-refractivity contribution in [2.75, 3.05) is 27.3 Å². The molecule has 0 N–H and O–H groups in total. The summed E-state index contributed by atoms with van der Waals surface area (Å²) in [5.74, 6) is 1.91. The Labute approximate surface area is 300 Å². The Morgan fingerprint density at radius 3 is 1.06 bits per heavy atom. The van der Waals surface area contributed by atoms with Gasteiger partial charge < -0.3 is 14.4 Å². The first-order valence-corrected chi connectivity index (χ1v) is 21.0. The van der Waals surface area contributed by atoms with Crippen LogP contribution < -0.4 is 9.47 Å². The van der Waals surface area contributed by atoms with Gasteiger partial charge in [-0.2, -0.15) is 0 Å². The molecule has 1 aromatic carbocycles. The van der Waals surface area contributed by atoms with Crippen LogP contribution in [0.15, 0.2) is 42.5 Å². The fourth-order valence-corrected chi connectivity index (χ4v) is 6.33. The van der Waals surface area contributed by atoms with Gasteiger partial charge in [0, 0.05) is 12.6 Å². The van der Waals surface area contributed by atoms with Crippen LogP contribution in [0.1, 0.15) is 199 Å². The molecule has 3 nitrogen and oxygen atoms in total. The quantitative estimate of drug-likeness (QED) is 0.0525. The molecule has 278 valence electrons. The zero-order valence-electron chi connectivity index (χ0n) is 32.7. The molecule has 1 aromatic rings. The number of hydrogen-bond donors (Lipinski definition) is 0. The predicted molar refractivity (Wildman–Crippen MR) is 214 cm³/mol. The third-order valence-corrected chi connectivity index (χ3v) is 9.29. The van der Waals surface area contributed by atoms with Crippen molar-refractivity contribution >= 4 is 0 Å². The van der Waals surface area contributed by atoms with E-state index in [0.29, 0.717) is 0 Å². The molecule has 0 aliphatic heterocycles. The maximum Gasteiger partial charge on any atom is 0.123 e. The Kier molecular flexibility index (Phi) is 32.4. The lowest BCUT2D eigenvalue weighted by atomic mass is 10.1. The fourth-order valence-electron chi connectivity index (χ4n) is 6.33. The molecule has 0 aliphatic rings. The van der Waals surface area contributed by atoms with Crippen LogP contribution in [-0.2, 0) is 6.54 Å². The van der Waals surface area contributed by atoms with Gasteiger partial charge in [-0.3, -0.25) is 0 Å². The second-order valence-electron chi connectivity index (χ2n) is 14.6. The number of benzene rings is 1. The molecular weight excluding hydrogens is 587 g/mol. The summed E-state index contributed by atoms with van der Waals surface area (Å²) < 4.78 is 12.4. The highest BCUT2D eigenvalue weighted by molar-refractivity contribution is 5.38. The standard InChI is InChI=1S/C45H81NO2/c1-5-7-9-11-13-15-17-19-21-23-25-27-29-31-33-35-37-47-44-39-43(42-46(3)4)40-45(41-44)48-38-36-34-32-30-28-26-24-22-20-18-16-14-12-10-8-6-2/h19-22,39-41H,5-18,23-38,42H2,1-4H3/b21-19-,22-20-. The van der Waals surface area contributed by atoms with Crippen LogP contribution in [0.5, 0.6) is 11.5 Å². The molecule has 3 heteroatoms. The smallest absolute Gasteiger partial charge is 0.123 e. The van der Waals surface area contributed by atoms with Crippen molar-refractivity contribution in [1.29, 1.82) is 0 Å². The average molecular weight is 668 g/mol. The van der Waals surface area contributed by atoms with E-state index in [4.69, 9.17) is 9.47 Å². The van der Waals surface area contributed by atoms with Crippen molar-refractivity contribution in [1.82, 2.24) is 4.90 Å². The van der Waals surface area contributed by atoms with Gasteiger partial charge in [0.05, 0.1) is 13.2 Å². The van der Waals surface area contributed by atoms with Crippen molar-refractivity contribution in [3.8, 4) is 11.5 Å². The third-order valence-electron chi connectivity index (χ3n) is 9.29. The van der Waals surface area contributed by atoms with Gasteiger partial charge in [0.2, 0.25) is 0 Å². The van der Waals surface area contributed by atoms with Gasteiger partial charge in [-0.1, -0.05) is 154 Å². The van der Waals surface area contributed by atoms with Crippen LogP contribution >= 0.6 is 0 Å². The normalized spacial score (nSPS) is 11.9. The highest BCUT2D eigenvalue weighted by atomic mass is 16.5. The lowest BCUT2D eigenvalue weighted by Crippen LogP contribution is -2.11. The summed E-state index contributed by atoms with van der Waals surface area (Å²) in [5, 5.41) is 0. The molecule has 0 heterocycles. The van der Waals surface area contributed by atoms with E-state index in [1.165, 1.54) is 173 Å². The second kappa shape index (κ2) is 35.1. The van der Waals surface area contributed by atoms with Crippen molar-refractivity contribution in [3.63, 3.8) is 0 Å². The molecule has 0 unspecified atom stereocenters. The minimum atomic E-state index is 0.793. The van der Waals surface area contributed by atoms with E-state index in [1.807, 2.05) is 0 Å². The molecule has 0 aliphatic carbocycles. The molecule has 0 saturated heterocycles. The molecule has 1 rings (SSSR count). The molecule has 0 spiro atoms. The van der Waals surface area contributed by atoms with Gasteiger partial charge in [0.1, 0.15) is 11.5 Å². The lowest BCUT2D eigenvalue weighted by molar-refractivity contribution is 0.288. The molecule has 0 radical (unpaired) electrons. The van der Waals surface area contributed by atoms with Gasteiger partial charge in [0.25, 0.3) is 0 Å². The molecule has 0 atom stereocenters. The van der Waals surface area contributed by atoms with E-state index in [0.717, 1.165) is 44.1 Å². The Hall–Kier alpha value is -1.74. The molecule has 0 amide bonds. The largest absolute Gasteiger partial charge is 0.493 e. The summed E-state index contributed by atoms with van der Waals surface area (Å²) in [6.45, 7) is 7.06. The number of rotatable bonds is 36. The van der Waals surface area contributed by atoms with Crippen LogP contribution in [0, 0.1) is 0 Å². The van der Waals surface area contributed by atoms with Crippen LogP contribution in [0.2, 0.25) is 0 Å². The SMILES string of the molecule is CCCCCCCC/C=C\CCCCCCCCOc1cc(CN(C)C)cc(OCCCCCCCC/C=C\CCCCCCCC)c1. The first-order valence-electron chi connectivity index (χ1n) is 21.0. The zero-order chi connectivity index (χ0) is 34.6. The minimum Gasteiger partial charge on any atom is -0.493 e. The zero-order valence-corrected chi connectivity index (χ0v) is 32.7. The molecule has 48 heavy (non-hydrogen) atoms. The number of hydrogen-bond acceptors (Lipinski definition) is 3. The molecule has 0 aromatic heterocycles. The fraction of sp³-hybridized carbons (Fsp3) is 0.778. The highest BCUT2D eigenvalue weighted by Crippen LogP contribution is 2.25. The van der Waals surface area contributed by atoms with E-state index in [9.17, 15) is 0 Å². The first kappa shape index (κ1) is 44.3. The van der Waals surface area contributed by atoms with Gasteiger partial charge in [-0.15, -0.1) is 0 Å². The Morgan fingerprint density at radius 1 is 0.417 bits per heavy atom. The van der Waals surface area contributed by atoms with E-state index in [-0.39, 0.29) is 0 Å². The summed E-state index contributed by atoms with van der Waals surface area (Å²) in [7, 11) is 4.24. The summed E-state index contributed by atoms with van der Waals surface area (Å²) in [5.41, 5.74) is 1.26. The number of unbranched alkanes of at least 4 members (excludes halogenated alkanes) is 24. The Bertz CT molecular complexity index is 798. The average Bonchev–Trinajstić information content (AvgIpc) is 3.07. The third kappa shape index (κ3) is 30.3. The summed E-state index contributed by atoms with van der Waals surface area (Å²) in [4.78, 5) is 2.21. The van der Waals surface area contributed by atoms with Crippen molar-refractivity contribution in [2.45, 2.75) is 200 Å². The number of ether oxygens (including phenoxy) is 2. The summed E-state index contributed by atoms with van der Waals surface area (Å²) in [6.07, 6.45) is 46.9. The topological polar surface area (TPSA) is 21.7 Å². The maximum atomic E-state index is 6.21. The molecule has 0 fully saturated rings. The summed E-state index contributed by atoms with van der Waals surface area (Å²) >= 11 is 0. The van der Waals surface area contributed by atoms with Gasteiger partial charge in [-0.05, 0) is 96.0 Å². The van der Waals surface area contributed by atoms with Gasteiger partial charge in [0.15, 0.2) is 0 Å². The van der Waals surface area contributed by atoms with Crippen LogP contribution in [0.4, 0.5) is 0 Å². The van der Waals surface area contributed by atoms with Crippen molar-refractivity contribution in [2.24, 2.45) is 0 Å². The predicted octanol–water partition coefficient (Wildman–Crippen LogP) is 14.6. The first-order chi connectivity index (χ1) is 23.7. The van der Waals surface area contributed by atoms with E-state index >= 15 is 0 Å². The highest BCUT2D eigenvalue weighted by Gasteiger charge is 2.06. The number of nitrogens with zero attached hydrogens (tertiary/aromatic N) is 1. The van der Waals surface area contributed by atoms with Gasteiger partial charge in [-0.25, -0.2) is 0 Å². The molecule has 0 bridgehead atoms. The summed E-state index contributed by atoms with van der Waals surface area (Å²) in [6, 6.07) is 6.48. The van der Waals surface area contributed by atoms with E-state index in [1.54, 1.807) is 0 Å². The van der Waals surface area contributed by atoms with Crippen molar-refractivity contribution in [3.05, 3.63) is 48.1 Å². The molecule has 0 saturated carbocycles. The van der Waals surface area contributed by atoms with Crippen molar-refractivity contribution < 1.29 is 9.47 Å². The van der Waals surface area contributed by atoms with E-state index < -0.39 is 0 Å². The maximum absolute atomic E-state index is 6.21. The lowest BCUT2D eigenvalue weighted by Gasteiger charge is -2.15. The van der Waals surface area contributed by atoms with Gasteiger partial charge >= 0.3 is 0 Å². The van der Waals surface area contributed by atoms with E-state index in [2.05, 4.69) is 75.3 Å². The Balaban J connectivity index is 2.09. The minimum absolute atomic E-state index is 0.793. The monoisotopic (exact) mass is 668 g/mol. The van der Waals surface area contributed by atoms with Crippen LogP contribution in [-0.4, -0.2) is 32.2 Å². The Morgan fingerprint density at radius 2 is 0.729 bits per heavy atom. The van der Waals surface area contributed by atoms with Crippen LogP contribution in [0.25, 0.3) is 0 Å².